The van der Waals surface area contributed by atoms with Crippen molar-refractivity contribution >= 4 is 38.2 Å². The van der Waals surface area contributed by atoms with E-state index in [0.717, 1.165) is 6.26 Å². The number of rotatable bonds is 8. The van der Waals surface area contributed by atoms with Crippen LogP contribution in [0.25, 0.3) is 10.8 Å². The van der Waals surface area contributed by atoms with E-state index in [9.17, 15) is 22.8 Å². The lowest BCUT2D eigenvalue weighted by Gasteiger charge is -2.14. The summed E-state index contributed by atoms with van der Waals surface area (Å²) in [5.41, 5.74) is 0.215. The maximum absolute atomic E-state index is 12.9. The van der Waals surface area contributed by atoms with Crippen molar-refractivity contribution in [2.24, 2.45) is 0 Å². The molecule has 0 aliphatic heterocycles. The lowest BCUT2D eigenvalue weighted by molar-refractivity contribution is 0.0313. The van der Waals surface area contributed by atoms with E-state index < -0.39 is 27.9 Å². The molecule has 1 atom stereocenters. The lowest BCUT2D eigenvalue weighted by atomic mass is 10.1. The van der Waals surface area contributed by atoms with Gasteiger partial charge in [-0.05, 0) is 43.7 Å². The number of sulfonamides is 1. The van der Waals surface area contributed by atoms with Crippen LogP contribution in [0.4, 0.5) is 5.69 Å². The third kappa shape index (κ3) is 5.20. The van der Waals surface area contributed by atoms with Gasteiger partial charge in [0.2, 0.25) is 15.8 Å². The van der Waals surface area contributed by atoms with E-state index in [1.165, 1.54) is 35.9 Å². The number of hydrogen-bond donors (Lipinski definition) is 1. The van der Waals surface area contributed by atoms with E-state index in [0.29, 0.717) is 29.4 Å². The van der Waals surface area contributed by atoms with E-state index in [1.807, 2.05) is 6.92 Å². The average molecular weight is 458 g/mol. The molecule has 0 amide bonds. The quantitative estimate of drug-likeness (QED) is 0.407. The lowest BCUT2D eigenvalue weighted by Crippen LogP contribution is -2.29. The highest BCUT2D eigenvalue weighted by Gasteiger charge is 2.24. The first kappa shape index (κ1) is 23.1. The second kappa shape index (κ2) is 9.31. The smallest absolute Gasteiger partial charge is 0.360 e. The Morgan fingerprint density at radius 2 is 1.72 bits per heavy atom. The number of aryl methyl sites for hydroxylation is 1. The fourth-order valence-corrected chi connectivity index (χ4v) is 3.73. The van der Waals surface area contributed by atoms with Gasteiger partial charge >= 0.3 is 5.97 Å². The molecular formula is C22H23N3O6S. The van der Waals surface area contributed by atoms with Crippen LogP contribution in [0.3, 0.4) is 0 Å². The van der Waals surface area contributed by atoms with Crippen molar-refractivity contribution in [2.75, 3.05) is 11.0 Å². The molecule has 32 heavy (non-hydrogen) atoms. The highest BCUT2D eigenvalue weighted by atomic mass is 32.2. The minimum Gasteiger partial charge on any atom is -0.449 e. The third-order valence-electron chi connectivity index (χ3n) is 4.62. The molecule has 0 radical (unpaired) electrons. The van der Waals surface area contributed by atoms with Gasteiger partial charge in [0.25, 0.3) is 5.56 Å². The van der Waals surface area contributed by atoms with Crippen molar-refractivity contribution in [2.45, 2.75) is 32.9 Å². The van der Waals surface area contributed by atoms with Crippen molar-refractivity contribution < 1.29 is 22.7 Å². The zero-order valence-corrected chi connectivity index (χ0v) is 18.7. The monoisotopic (exact) mass is 457 g/mol. The topological polar surface area (TPSA) is 124 Å². The molecule has 2 aromatic carbocycles. The number of ketones is 1. The van der Waals surface area contributed by atoms with E-state index in [-0.39, 0.29) is 16.8 Å². The molecule has 0 bridgehead atoms. The Bertz CT molecular complexity index is 1330. The number of fused-ring (bicyclic) bond motifs is 1. The summed E-state index contributed by atoms with van der Waals surface area (Å²) >= 11 is 0. The van der Waals surface area contributed by atoms with Gasteiger partial charge in [0, 0.05) is 23.2 Å². The Labute approximate surface area is 185 Å². The zero-order chi connectivity index (χ0) is 23.5. The van der Waals surface area contributed by atoms with Gasteiger partial charge < -0.3 is 4.74 Å². The molecule has 10 heteroatoms. The van der Waals surface area contributed by atoms with Crippen molar-refractivity contribution in [3.8, 4) is 0 Å². The molecule has 1 aromatic heterocycles. The molecule has 9 nitrogen and oxygen atoms in total. The van der Waals surface area contributed by atoms with E-state index in [1.54, 1.807) is 24.3 Å². The standard InChI is InChI=1S/C22H23N3O6S/c1-4-13-25-21(27)18-8-6-5-7-17(18)19(23-25)22(28)31-14(2)20(26)15-9-11-16(12-10-15)24-32(3,29)30/h5-12,14,24H,4,13H2,1-3H3. The SMILES string of the molecule is CCCn1nc(C(=O)OC(C)C(=O)c2ccc(NS(C)(=O)=O)cc2)c2ccccc2c1=O. The molecule has 168 valence electrons. The number of ether oxygens (including phenoxy) is 1. The van der Waals surface area contributed by atoms with E-state index in [2.05, 4.69) is 9.82 Å². The van der Waals surface area contributed by atoms with Gasteiger partial charge in [0.15, 0.2) is 11.8 Å². The predicted octanol–water partition coefficient (Wildman–Crippen LogP) is 2.61. The Morgan fingerprint density at radius 3 is 2.31 bits per heavy atom. The first-order valence-corrected chi connectivity index (χ1v) is 11.8. The third-order valence-corrected chi connectivity index (χ3v) is 5.23. The van der Waals surface area contributed by atoms with Gasteiger partial charge in [0.1, 0.15) is 0 Å². The molecular weight excluding hydrogens is 434 g/mol. The molecule has 0 fully saturated rings. The highest BCUT2D eigenvalue weighted by Crippen LogP contribution is 2.17. The van der Waals surface area contributed by atoms with Gasteiger partial charge in [0.05, 0.1) is 11.6 Å². The van der Waals surface area contributed by atoms with Crippen molar-refractivity contribution in [3.05, 3.63) is 70.1 Å². The molecule has 1 heterocycles. The van der Waals surface area contributed by atoms with Crippen LogP contribution in [0.2, 0.25) is 0 Å². The number of nitrogens with one attached hydrogen (secondary N) is 1. The molecule has 1 unspecified atom stereocenters. The highest BCUT2D eigenvalue weighted by molar-refractivity contribution is 7.92. The van der Waals surface area contributed by atoms with Crippen LogP contribution in [0.1, 0.15) is 41.1 Å². The number of nitrogens with zero attached hydrogens (tertiary/aromatic N) is 2. The Kier molecular flexibility index (Phi) is 6.73. The van der Waals surface area contributed by atoms with Crippen LogP contribution < -0.4 is 10.3 Å². The average Bonchev–Trinajstić information content (AvgIpc) is 2.74. The fourth-order valence-electron chi connectivity index (χ4n) is 3.17. The summed E-state index contributed by atoms with van der Waals surface area (Å²) < 4.78 is 31.5. The number of Topliss-reactive ketones (excluding diaryl/α,β-unsaturated/α-hetero) is 1. The number of aromatic nitrogens is 2. The van der Waals surface area contributed by atoms with Crippen LogP contribution in [0, 0.1) is 0 Å². The molecule has 0 saturated carbocycles. The van der Waals surface area contributed by atoms with E-state index in [4.69, 9.17) is 4.74 Å². The number of carbonyl (C=O) groups is 2. The first-order chi connectivity index (χ1) is 15.1. The van der Waals surface area contributed by atoms with E-state index >= 15 is 0 Å². The Balaban J connectivity index is 1.84. The molecule has 0 saturated heterocycles. The van der Waals surface area contributed by atoms with Gasteiger partial charge in [-0.25, -0.2) is 17.9 Å². The second-order valence-electron chi connectivity index (χ2n) is 7.29. The molecule has 0 spiro atoms. The number of hydrogen-bond acceptors (Lipinski definition) is 7. The number of anilines is 1. The van der Waals surface area contributed by atoms with Gasteiger partial charge in [-0.1, -0.05) is 25.1 Å². The van der Waals surface area contributed by atoms with Gasteiger partial charge in [-0.15, -0.1) is 0 Å². The Hall–Kier alpha value is -3.53. The largest absolute Gasteiger partial charge is 0.449 e. The van der Waals surface area contributed by atoms with Crippen LogP contribution in [0.15, 0.2) is 53.3 Å². The number of esters is 1. The van der Waals surface area contributed by atoms with Gasteiger partial charge in [-0.3, -0.25) is 14.3 Å². The second-order valence-corrected chi connectivity index (χ2v) is 9.03. The zero-order valence-electron chi connectivity index (χ0n) is 17.9. The maximum Gasteiger partial charge on any atom is 0.360 e. The molecule has 3 rings (SSSR count). The molecule has 0 aliphatic carbocycles. The van der Waals surface area contributed by atoms with Crippen LogP contribution in [-0.4, -0.2) is 42.3 Å². The number of benzene rings is 2. The summed E-state index contributed by atoms with van der Waals surface area (Å²) in [5, 5.41) is 4.87. The van der Waals surface area contributed by atoms with Crippen molar-refractivity contribution in [1.29, 1.82) is 0 Å². The molecule has 3 aromatic rings. The molecule has 0 aliphatic rings. The van der Waals surface area contributed by atoms with Crippen molar-refractivity contribution in [3.63, 3.8) is 0 Å². The predicted molar refractivity (Wildman–Crippen MR) is 120 cm³/mol. The van der Waals surface area contributed by atoms with Crippen LogP contribution >= 0.6 is 0 Å². The fraction of sp³-hybridized carbons (Fsp3) is 0.273. The minimum atomic E-state index is -3.44. The summed E-state index contributed by atoms with van der Waals surface area (Å²) in [4.78, 5) is 38.1. The number of carbonyl (C=O) groups excluding carboxylic acids is 2. The summed E-state index contributed by atoms with van der Waals surface area (Å²) in [7, 11) is -3.44. The van der Waals surface area contributed by atoms with Crippen LogP contribution in [0.5, 0.6) is 0 Å². The summed E-state index contributed by atoms with van der Waals surface area (Å²) in [6.45, 7) is 3.66. The van der Waals surface area contributed by atoms with Crippen LogP contribution in [-0.2, 0) is 21.3 Å². The van der Waals surface area contributed by atoms with Gasteiger partial charge in [-0.2, -0.15) is 5.10 Å². The van der Waals surface area contributed by atoms with Crippen molar-refractivity contribution in [1.82, 2.24) is 9.78 Å². The summed E-state index contributed by atoms with van der Waals surface area (Å²) in [6.07, 6.45) is 0.552. The summed E-state index contributed by atoms with van der Waals surface area (Å²) in [5.74, 6) is -1.28. The molecule has 1 N–H and O–H groups in total. The maximum atomic E-state index is 12.9. The summed E-state index contributed by atoms with van der Waals surface area (Å²) in [6, 6.07) is 12.4. The minimum absolute atomic E-state index is 0.0407. The first-order valence-electron chi connectivity index (χ1n) is 9.93. The normalized spacial score (nSPS) is 12.3. The Morgan fingerprint density at radius 1 is 1.09 bits per heavy atom.